The molecule has 2 aromatic heterocycles. The molecule has 2 saturated heterocycles. The van der Waals surface area contributed by atoms with E-state index in [0.717, 1.165) is 68.7 Å². The molecule has 0 aromatic carbocycles. The third-order valence-corrected chi connectivity index (χ3v) is 8.77. The second-order valence-electron chi connectivity index (χ2n) is 8.24. The second-order valence-corrected chi connectivity index (χ2v) is 11.0. The minimum atomic E-state index is -3.58. The number of carbonyl (C=O) groups is 1. The molecule has 0 atom stereocenters. The van der Waals surface area contributed by atoms with Gasteiger partial charge in [-0.05, 0) is 45.1 Å². The van der Waals surface area contributed by atoms with Gasteiger partial charge in [-0.15, -0.1) is 11.3 Å². The number of rotatable bonds is 5. The fourth-order valence-corrected chi connectivity index (χ4v) is 6.61. The Morgan fingerprint density at radius 2 is 1.67 bits per heavy atom. The first-order chi connectivity index (χ1) is 14.4. The molecule has 0 unspecified atom stereocenters. The van der Waals surface area contributed by atoms with Gasteiger partial charge in [0.2, 0.25) is 15.9 Å². The Hall–Kier alpha value is -1.71. The van der Waals surface area contributed by atoms with Gasteiger partial charge in [0.25, 0.3) is 0 Å². The Bertz CT molecular complexity index is 982. The van der Waals surface area contributed by atoms with E-state index in [2.05, 4.69) is 4.98 Å². The van der Waals surface area contributed by atoms with E-state index in [9.17, 15) is 13.2 Å². The Balaban J connectivity index is 1.66. The monoisotopic (exact) mass is 450 g/mol. The number of carbonyl (C=O) groups excluding carboxylic acids is 1. The van der Waals surface area contributed by atoms with E-state index in [1.165, 1.54) is 11.3 Å². The van der Waals surface area contributed by atoms with Gasteiger partial charge < -0.3 is 9.47 Å². The van der Waals surface area contributed by atoms with Gasteiger partial charge in [-0.3, -0.25) is 4.79 Å². The molecule has 2 fully saturated rings. The Kier molecular flexibility index (Phi) is 6.60. The maximum Gasteiger partial charge on any atom is 0.244 e. The third-order valence-electron chi connectivity index (χ3n) is 5.93. The lowest BCUT2D eigenvalue weighted by Gasteiger charge is -2.27. The van der Waals surface area contributed by atoms with E-state index in [4.69, 9.17) is 0 Å². The van der Waals surface area contributed by atoms with Crippen molar-refractivity contribution in [3.8, 4) is 10.7 Å². The average Bonchev–Trinajstić information content (AvgIpc) is 3.25. The highest BCUT2D eigenvalue weighted by Gasteiger charge is 2.29. The molecular formula is C21H30N4O3S2. The van der Waals surface area contributed by atoms with Crippen molar-refractivity contribution in [1.82, 2.24) is 18.8 Å². The second kappa shape index (κ2) is 9.20. The summed E-state index contributed by atoms with van der Waals surface area (Å²) in [6.45, 7) is 4.75. The molecule has 0 saturated carbocycles. The van der Waals surface area contributed by atoms with Gasteiger partial charge in [0.05, 0.1) is 5.69 Å². The van der Waals surface area contributed by atoms with Crippen LogP contribution in [0.1, 0.15) is 50.6 Å². The van der Waals surface area contributed by atoms with E-state index in [1.807, 2.05) is 17.2 Å². The van der Waals surface area contributed by atoms with Crippen LogP contribution >= 0.6 is 11.3 Å². The van der Waals surface area contributed by atoms with Gasteiger partial charge in [-0.25, -0.2) is 13.4 Å². The van der Waals surface area contributed by atoms with E-state index < -0.39 is 10.0 Å². The fraction of sp³-hybridized carbons (Fsp3) is 0.619. The predicted molar refractivity (Wildman–Crippen MR) is 118 cm³/mol. The van der Waals surface area contributed by atoms with Crippen molar-refractivity contribution in [1.29, 1.82) is 0 Å². The van der Waals surface area contributed by atoms with Crippen LogP contribution in [0.5, 0.6) is 0 Å². The Morgan fingerprint density at radius 3 is 2.30 bits per heavy atom. The number of hydrogen-bond acceptors (Lipinski definition) is 5. The number of aryl methyl sites for hydroxylation is 1. The summed E-state index contributed by atoms with van der Waals surface area (Å²) in [6.07, 6.45) is 8.79. The molecule has 0 radical (unpaired) electrons. The van der Waals surface area contributed by atoms with Crippen LogP contribution in [0, 0.1) is 6.92 Å². The number of nitrogens with zero attached hydrogens (tertiary/aromatic N) is 4. The van der Waals surface area contributed by atoms with Crippen molar-refractivity contribution in [2.75, 3.05) is 26.2 Å². The Morgan fingerprint density at radius 1 is 1.03 bits per heavy atom. The van der Waals surface area contributed by atoms with Gasteiger partial charge in [0.15, 0.2) is 0 Å². The van der Waals surface area contributed by atoms with Crippen molar-refractivity contribution in [2.24, 2.45) is 0 Å². The molecule has 0 spiro atoms. The van der Waals surface area contributed by atoms with E-state index in [0.29, 0.717) is 18.8 Å². The van der Waals surface area contributed by atoms with Crippen LogP contribution in [0.2, 0.25) is 0 Å². The van der Waals surface area contributed by atoms with Gasteiger partial charge in [0.1, 0.15) is 16.4 Å². The zero-order valence-electron chi connectivity index (χ0n) is 17.5. The first-order valence-electron chi connectivity index (χ1n) is 10.9. The maximum absolute atomic E-state index is 13.3. The Labute approximate surface area is 182 Å². The molecule has 9 heteroatoms. The number of sulfonamides is 1. The summed E-state index contributed by atoms with van der Waals surface area (Å²) in [6, 6.07) is 1.70. The fourth-order valence-electron chi connectivity index (χ4n) is 4.23. The molecule has 1 amide bonds. The summed E-state index contributed by atoms with van der Waals surface area (Å²) >= 11 is 1.48. The largest absolute Gasteiger partial charge is 0.341 e. The first kappa shape index (κ1) is 21.5. The van der Waals surface area contributed by atoms with Crippen molar-refractivity contribution in [2.45, 2.75) is 63.3 Å². The lowest BCUT2D eigenvalue weighted by molar-refractivity contribution is -0.132. The van der Waals surface area contributed by atoms with Gasteiger partial charge in [0, 0.05) is 43.4 Å². The standard InChI is InChI=1S/C21H30N4O3S2/c1-17-16-29-21(22-17)19-13-18(30(27,28)25-11-7-2-3-8-12-25)14-24(19)15-20(26)23-9-5-4-6-10-23/h13-14,16H,2-12,15H2,1H3. The zero-order valence-corrected chi connectivity index (χ0v) is 19.2. The van der Waals surface area contributed by atoms with E-state index >= 15 is 0 Å². The summed E-state index contributed by atoms with van der Waals surface area (Å²) in [5.74, 6) is 0.0403. The van der Waals surface area contributed by atoms with Crippen LogP contribution in [-0.4, -0.2) is 59.3 Å². The summed E-state index contributed by atoms with van der Waals surface area (Å²) in [7, 11) is -3.58. The number of thiazole rings is 1. The average molecular weight is 451 g/mol. The number of likely N-dealkylation sites (tertiary alicyclic amines) is 1. The van der Waals surface area contributed by atoms with Crippen LogP contribution in [0.15, 0.2) is 22.5 Å². The molecule has 7 nitrogen and oxygen atoms in total. The number of amides is 1. The molecule has 0 aliphatic carbocycles. The topological polar surface area (TPSA) is 75.5 Å². The number of aromatic nitrogens is 2. The maximum atomic E-state index is 13.3. The highest BCUT2D eigenvalue weighted by Crippen LogP contribution is 2.30. The molecule has 4 heterocycles. The van der Waals surface area contributed by atoms with Crippen molar-refractivity contribution in [3.05, 3.63) is 23.3 Å². The molecule has 2 aromatic rings. The minimum Gasteiger partial charge on any atom is -0.341 e. The van der Waals surface area contributed by atoms with Crippen molar-refractivity contribution < 1.29 is 13.2 Å². The van der Waals surface area contributed by atoms with Crippen molar-refractivity contribution in [3.63, 3.8) is 0 Å². The lowest BCUT2D eigenvalue weighted by Crippen LogP contribution is -2.37. The van der Waals surface area contributed by atoms with Crippen LogP contribution in [-0.2, 0) is 21.4 Å². The molecule has 4 rings (SSSR count). The minimum absolute atomic E-state index is 0.0403. The SMILES string of the molecule is Cc1csc(-c2cc(S(=O)(=O)N3CCCCCC3)cn2CC(=O)N2CCCCC2)n1. The summed E-state index contributed by atoms with van der Waals surface area (Å²) in [5, 5.41) is 2.69. The summed E-state index contributed by atoms with van der Waals surface area (Å²) in [4.78, 5) is 19.6. The molecule has 30 heavy (non-hydrogen) atoms. The molecule has 0 N–H and O–H groups in total. The van der Waals surface area contributed by atoms with Gasteiger partial charge >= 0.3 is 0 Å². The van der Waals surface area contributed by atoms with Gasteiger partial charge in [-0.2, -0.15) is 4.31 Å². The van der Waals surface area contributed by atoms with Crippen LogP contribution < -0.4 is 0 Å². The lowest BCUT2D eigenvalue weighted by atomic mass is 10.1. The highest BCUT2D eigenvalue weighted by atomic mass is 32.2. The number of piperidine rings is 1. The van der Waals surface area contributed by atoms with Crippen LogP contribution in [0.3, 0.4) is 0 Å². The predicted octanol–water partition coefficient (Wildman–Crippen LogP) is 3.50. The van der Waals surface area contributed by atoms with E-state index in [1.54, 1.807) is 21.1 Å². The molecule has 2 aliphatic rings. The van der Waals surface area contributed by atoms with E-state index in [-0.39, 0.29) is 17.3 Å². The molecule has 164 valence electrons. The summed E-state index contributed by atoms with van der Waals surface area (Å²) in [5.41, 5.74) is 1.59. The molecule has 0 bridgehead atoms. The third kappa shape index (κ3) is 4.63. The highest BCUT2D eigenvalue weighted by molar-refractivity contribution is 7.89. The summed E-state index contributed by atoms with van der Waals surface area (Å²) < 4.78 is 30.0. The smallest absolute Gasteiger partial charge is 0.244 e. The molecular weight excluding hydrogens is 420 g/mol. The van der Waals surface area contributed by atoms with Gasteiger partial charge in [-0.1, -0.05) is 12.8 Å². The number of hydrogen-bond donors (Lipinski definition) is 0. The quantitative estimate of drug-likeness (QED) is 0.699. The van der Waals surface area contributed by atoms with Crippen LogP contribution in [0.4, 0.5) is 0 Å². The normalized spacial score (nSPS) is 19.0. The first-order valence-corrected chi connectivity index (χ1v) is 13.2. The zero-order chi connectivity index (χ0) is 21.1. The van der Waals surface area contributed by atoms with Crippen LogP contribution in [0.25, 0.3) is 10.7 Å². The molecule has 2 aliphatic heterocycles. The van der Waals surface area contributed by atoms with Crippen molar-refractivity contribution >= 4 is 27.3 Å².